The second kappa shape index (κ2) is 8.30. The first-order valence-corrected chi connectivity index (χ1v) is 9.04. The van der Waals surface area contributed by atoms with E-state index in [0.29, 0.717) is 34.8 Å². The molecular weight excluding hydrogens is 371 g/mol. The zero-order valence-electron chi connectivity index (χ0n) is 14.4. The average molecular weight is 393 g/mol. The number of hydrogen-bond donors (Lipinski definition) is 1. The van der Waals surface area contributed by atoms with Crippen LogP contribution in [-0.2, 0) is 6.61 Å². The number of nitrogens with zero attached hydrogens (tertiary/aromatic N) is 1. The number of nitrogens with one attached hydrogen (secondary N) is 1. The van der Waals surface area contributed by atoms with Gasteiger partial charge in [0.05, 0.1) is 0 Å². The molecule has 2 atom stereocenters. The molecule has 4 nitrogen and oxygen atoms in total. The van der Waals surface area contributed by atoms with E-state index >= 15 is 0 Å². The van der Waals surface area contributed by atoms with Crippen LogP contribution < -0.4 is 10.1 Å². The van der Waals surface area contributed by atoms with Crippen LogP contribution >= 0.6 is 24.0 Å². The van der Waals surface area contributed by atoms with Crippen molar-refractivity contribution in [2.75, 3.05) is 26.2 Å². The zero-order chi connectivity index (χ0) is 17.2. The molecule has 2 heterocycles. The lowest BCUT2D eigenvalue weighted by Gasteiger charge is -2.18. The summed E-state index contributed by atoms with van der Waals surface area (Å²) in [6.07, 6.45) is 0. The molecule has 0 spiro atoms. The number of fused-ring (bicyclic) bond motifs is 1. The number of ether oxygens (including phenoxy) is 1. The minimum Gasteiger partial charge on any atom is -0.489 e. The van der Waals surface area contributed by atoms with E-state index in [-0.39, 0.29) is 18.3 Å². The van der Waals surface area contributed by atoms with Crippen molar-refractivity contribution >= 4 is 29.9 Å². The lowest BCUT2D eigenvalue weighted by Crippen LogP contribution is -2.31. The number of hydrogen-bond acceptors (Lipinski definition) is 3. The standard InChI is InChI=1S/C20H21ClN2O2.ClH/c21-18-6-4-14(5-7-18)13-25-19-3-1-2-15(8-19)20(24)23-11-16-9-22-10-17(16)12-23;/h1-8,16-17,22H,9-13H2;1H/t16-,17+;. The SMILES string of the molecule is Cl.O=C(c1cccc(OCc2ccc(Cl)cc2)c1)N1C[C@H]2CNC[C@H]2C1. The van der Waals surface area contributed by atoms with Crippen LogP contribution in [0.1, 0.15) is 15.9 Å². The van der Waals surface area contributed by atoms with Crippen LogP contribution in [0.3, 0.4) is 0 Å². The first kappa shape index (κ1) is 19.0. The van der Waals surface area contributed by atoms with Crippen molar-refractivity contribution in [3.05, 3.63) is 64.7 Å². The second-order valence-corrected chi connectivity index (χ2v) is 7.27. The Bertz CT molecular complexity index is 755. The predicted molar refractivity (Wildman–Crippen MR) is 105 cm³/mol. The van der Waals surface area contributed by atoms with Crippen molar-refractivity contribution in [2.45, 2.75) is 6.61 Å². The van der Waals surface area contributed by atoms with E-state index in [9.17, 15) is 4.79 Å². The Morgan fingerprint density at radius 1 is 1.12 bits per heavy atom. The van der Waals surface area contributed by atoms with E-state index in [0.717, 1.165) is 31.7 Å². The van der Waals surface area contributed by atoms with E-state index in [2.05, 4.69) is 5.32 Å². The van der Waals surface area contributed by atoms with E-state index in [4.69, 9.17) is 16.3 Å². The molecule has 0 unspecified atom stereocenters. The summed E-state index contributed by atoms with van der Waals surface area (Å²) in [6, 6.07) is 15.0. The van der Waals surface area contributed by atoms with Gasteiger partial charge in [-0.2, -0.15) is 0 Å². The molecule has 0 bridgehead atoms. The number of carbonyl (C=O) groups is 1. The summed E-state index contributed by atoms with van der Waals surface area (Å²) < 4.78 is 5.84. The summed E-state index contributed by atoms with van der Waals surface area (Å²) in [5.41, 5.74) is 1.74. The Hall–Kier alpha value is -1.75. The molecule has 2 fully saturated rings. The number of rotatable bonds is 4. The molecule has 1 N–H and O–H groups in total. The molecule has 6 heteroatoms. The van der Waals surface area contributed by atoms with Crippen LogP contribution in [0.4, 0.5) is 0 Å². The molecular formula is C20H22Cl2N2O2. The molecule has 2 aliphatic heterocycles. The van der Waals surface area contributed by atoms with Gasteiger partial charge in [-0.15, -0.1) is 12.4 Å². The van der Waals surface area contributed by atoms with E-state index in [1.807, 2.05) is 53.4 Å². The summed E-state index contributed by atoms with van der Waals surface area (Å²) >= 11 is 5.89. The quantitative estimate of drug-likeness (QED) is 0.863. The number of carbonyl (C=O) groups excluding carboxylic acids is 1. The predicted octanol–water partition coefficient (Wildman–Crippen LogP) is 3.63. The summed E-state index contributed by atoms with van der Waals surface area (Å²) in [4.78, 5) is 14.8. The minimum atomic E-state index is 0. The lowest BCUT2D eigenvalue weighted by atomic mass is 10.0. The molecule has 138 valence electrons. The lowest BCUT2D eigenvalue weighted by molar-refractivity contribution is 0.0781. The van der Waals surface area contributed by atoms with Crippen LogP contribution in [0.5, 0.6) is 5.75 Å². The third-order valence-electron chi connectivity index (χ3n) is 5.08. The smallest absolute Gasteiger partial charge is 0.254 e. The fourth-order valence-electron chi connectivity index (χ4n) is 3.67. The molecule has 2 aliphatic rings. The highest BCUT2D eigenvalue weighted by Gasteiger charge is 2.38. The van der Waals surface area contributed by atoms with Gasteiger partial charge in [0.1, 0.15) is 12.4 Å². The third kappa shape index (κ3) is 4.14. The maximum absolute atomic E-state index is 12.8. The van der Waals surface area contributed by atoms with Crippen LogP contribution in [-0.4, -0.2) is 37.0 Å². The van der Waals surface area contributed by atoms with Gasteiger partial charge in [0.15, 0.2) is 0 Å². The molecule has 0 aromatic heterocycles. The van der Waals surface area contributed by atoms with Gasteiger partial charge < -0.3 is 15.0 Å². The van der Waals surface area contributed by atoms with Crippen molar-refractivity contribution < 1.29 is 9.53 Å². The fourth-order valence-corrected chi connectivity index (χ4v) is 3.80. The van der Waals surface area contributed by atoms with Crippen molar-refractivity contribution in [1.82, 2.24) is 10.2 Å². The number of benzene rings is 2. The van der Waals surface area contributed by atoms with Gasteiger partial charge in [-0.3, -0.25) is 4.79 Å². The van der Waals surface area contributed by atoms with Gasteiger partial charge in [0.2, 0.25) is 0 Å². The fraction of sp³-hybridized carbons (Fsp3) is 0.350. The maximum Gasteiger partial charge on any atom is 0.254 e. The van der Waals surface area contributed by atoms with Crippen LogP contribution in [0, 0.1) is 11.8 Å². The molecule has 4 rings (SSSR count). The Balaban J connectivity index is 0.00000196. The van der Waals surface area contributed by atoms with Gasteiger partial charge >= 0.3 is 0 Å². The maximum atomic E-state index is 12.8. The number of likely N-dealkylation sites (tertiary alicyclic amines) is 1. The highest BCUT2D eigenvalue weighted by atomic mass is 35.5. The highest BCUT2D eigenvalue weighted by molar-refractivity contribution is 6.30. The van der Waals surface area contributed by atoms with Crippen LogP contribution in [0.2, 0.25) is 5.02 Å². The van der Waals surface area contributed by atoms with Crippen molar-refractivity contribution in [3.63, 3.8) is 0 Å². The van der Waals surface area contributed by atoms with Crippen LogP contribution in [0.15, 0.2) is 48.5 Å². The highest BCUT2D eigenvalue weighted by Crippen LogP contribution is 2.28. The Morgan fingerprint density at radius 2 is 1.81 bits per heavy atom. The van der Waals surface area contributed by atoms with Crippen molar-refractivity contribution in [1.29, 1.82) is 0 Å². The molecule has 2 aromatic rings. The molecule has 0 saturated carbocycles. The number of amides is 1. The largest absolute Gasteiger partial charge is 0.489 e. The molecule has 0 aliphatic carbocycles. The number of halogens is 2. The first-order valence-electron chi connectivity index (χ1n) is 8.66. The first-order chi connectivity index (χ1) is 12.2. The molecule has 1 amide bonds. The van der Waals surface area contributed by atoms with Gasteiger partial charge in [0, 0.05) is 36.8 Å². The summed E-state index contributed by atoms with van der Waals surface area (Å²) in [5, 5.41) is 4.11. The zero-order valence-corrected chi connectivity index (χ0v) is 15.9. The Labute approximate surface area is 164 Å². The molecule has 26 heavy (non-hydrogen) atoms. The summed E-state index contributed by atoms with van der Waals surface area (Å²) in [5.74, 6) is 2.02. The Kier molecular flexibility index (Phi) is 6.07. The van der Waals surface area contributed by atoms with Crippen molar-refractivity contribution in [3.8, 4) is 5.75 Å². The summed E-state index contributed by atoms with van der Waals surface area (Å²) in [7, 11) is 0. The monoisotopic (exact) mass is 392 g/mol. The van der Waals surface area contributed by atoms with Gasteiger partial charge in [0.25, 0.3) is 5.91 Å². The van der Waals surface area contributed by atoms with E-state index in [1.165, 1.54) is 0 Å². The van der Waals surface area contributed by atoms with Crippen LogP contribution in [0.25, 0.3) is 0 Å². The normalized spacial score (nSPS) is 21.2. The summed E-state index contributed by atoms with van der Waals surface area (Å²) in [6.45, 7) is 4.21. The van der Waals surface area contributed by atoms with Gasteiger partial charge in [-0.25, -0.2) is 0 Å². The average Bonchev–Trinajstić information content (AvgIpc) is 3.23. The third-order valence-corrected chi connectivity index (χ3v) is 5.33. The van der Waals surface area contributed by atoms with Crippen molar-refractivity contribution in [2.24, 2.45) is 11.8 Å². The van der Waals surface area contributed by atoms with E-state index in [1.54, 1.807) is 0 Å². The second-order valence-electron chi connectivity index (χ2n) is 6.83. The minimum absolute atomic E-state index is 0. The molecule has 0 radical (unpaired) electrons. The van der Waals surface area contributed by atoms with Gasteiger partial charge in [-0.05, 0) is 47.7 Å². The van der Waals surface area contributed by atoms with Gasteiger partial charge in [-0.1, -0.05) is 29.8 Å². The molecule has 2 aromatic carbocycles. The topological polar surface area (TPSA) is 41.6 Å². The molecule has 2 saturated heterocycles. The Morgan fingerprint density at radius 3 is 2.50 bits per heavy atom. The van der Waals surface area contributed by atoms with E-state index < -0.39 is 0 Å².